The number of hydrogen-bond acceptors (Lipinski definition) is 4. The quantitative estimate of drug-likeness (QED) is 0.177. The summed E-state index contributed by atoms with van der Waals surface area (Å²) in [6.45, 7) is 6.27. The molecule has 7 nitrogen and oxygen atoms in total. The first-order valence-electron chi connectivity index (χ1n) is 15.1. The standard InChI is InChI=1S/C36H37ClF3N3O4S/c1-25-12-11-15-27(20-25)23-42(32(34(45)41-35(2,3)4)21-26-13-7-5-8-14-26)33(44)24-43(48(46,47)29-16-9-6-10-17-29)28-18-19-31(37)30(22-28)36(38,39)40/h5-20,22,32H,21,23-24H2,1-4H3,(H,41,45)/t32-/m1/s1. The van der Waals surface area contributed by atoms with Gasteiger partial charge in [0, 0.05) is 18.5 Å². The Labute approximate surface area is 284 Å². The second-order valence-electron chi connectivity index (χ2n) is 12.4. The largest absolute Gasteiger partial charge is 0.417 e. The van der Waals surface area contributed by atoms with Crippen LogP contribution < -0.4 is 9.62 Å². The van der Waals surface area contributed by atoms with Gasteiger partial charge >= 0.3 is 6.18 Å². The van der Waals surface area contributed by atoms with Gasteiger partial charge in [-0.25, -0.2) is 8.42 Å². The normalized spacial score (nSPS) is 12.7. The molecule has 0 aliphatic carbocycles. The zero-order valence-electron chi connectivity index (χ0n) is 27.0. The van der Waals surface area contributed by atoms with E-state index in [2.05, 4.69) is 5.32 Å². The molecule has 0 fully saturated rings. The van der Waals surface area contributed by atoms with Crippen molar-refractivity contribution in [2.75, 3.05) is 10.8 Å². The first kappa shape index (κ1) is 36.5. The van der Waals surface area contributed by atoms with Gasteiger partial charge in [-0.1, -0.05) is 90.0 Å². The molecule has 48 heavy (non-hydrogen) atoms. The summed E-state index contributed by atoms with van der Waals surface area (Å²) in [7, 11) is -4.60. The van der Waals surface area contributed by atoms with E-state index >= 15 is 0 Å². The zero-order valence-corrected chi connectivity index (χ0v) is 28.5. The Bertz CT molecular complexity index is 1850. The lowest BCUT2D eigenvalue weighted by Crippen LogP contribution is -2.56. The topological polar surface area (TPSA) is 86.8 Å². The Hall–Kier alpha value is -4.35. The lowest BCUT2D eigenvalue weighted by Gasteiger charge is -2.35. The number of nitrogens with one attached hydrogen (secondary N) is 1. The first-order chi connectivity index (χ1) is 22.5. The first-order valence-corrected chi connectivity index (χ1v) is 16.9. The van der Waals surface area contributed by atoms with Crippen molar-refractivity contribution in [1.82, 2.24) is 10.2 Å². The lowest BCUT2D eigenvalue weighted by atomic mass is 10.0. The van der Waals surface area contributed by atoms with E-state index in [1.54, 1.807) is 51.1 Å². The fourth-order valence-corrected chi connectivity index (χ4v) is 6.80. The van der Waals surface area contributed by atoms with E-state index in [0.717, 1.165) is 23.3 Å². The Morgan fingerprint density at radius 2 is 1.44 bits per heavy atom. The average Bonchev–Trinajstić information content (AvgIpc) is 3.01. The number of carbonyl (C=O) groups is 2. The van der Waals surface area contributed by atoms with Gasteiger partial charge in [0.05, 0.1) is 21.2 Å². The molecule has 1 N–H and O–H groups in total. The van der Waals surface area contributed by atoms with Crippen LogP contribution in [0.2, 0.25) is 5.02 Å². The minimum atomic E-state index is -4.90. The molecule has 4 rings (SSSR count). The molecule has 254 valence electrons. The van der Waals surface area contributed by atoms with Crippen LogP contribution in [0.4, 0.5) is 18.9 Å². The maximum atomic E-state index is 14.5. The lowest BCUT2D eigenvalue weighted by molar-refractivity contribution is -0.140. The van der Waals surface area contributed by atoms with Crippen molar-refractivity contribution < 1.29 is 31.2 Å². The highest BCUT2D eigenvalue weighted by atomic mass is 35.5. The summed E-state index contributed by atoms with van der Waals surface area (Å²) in [6, 6.07) is 25.0. The van der Waals surface area contributed by atoms with E-state index in [-0.39, 0.29) is 17.9 Å². The van der Waals surface area contributed by atoms with E-state index in [9.17, 15) is 31.2 Å². The number of benzene rings is 4. The highest BCUT2D eigenvalue weighted by Gasteiger charge is 2.38. The Balaban J connectivity index is 1.87. The number of alkyl halides is 3. The molecule has 0 aliphatic heterocycles. The molecule has 0 saturated heterocycles. The summed E-state index contributed by atoms with van der Waals surface area (Å²) in [6.07, 6.45) is -4.81. The van der Waals surface area contributed by atoms with Crippen molar-refractivity contribution >= 4 is 39.1 Å². The average molecular weight is 700 g/mol. The summed E-state index contributed by atoms with van der Waals surface area (Å²) < 4.78 is 70.6. The van der Waals surface area contributed by atoms with E-state index < -0.39 is 62.4 Å². The molecule has 0 unspecified atom stereocenters. The van der Waals surface area contributed by atoms with Gasteiger partial charge in [-0.2, -0.15) is 13.2 Å². The van der Waals surface area contributed by atoms with Gasteiger partial charge in [-0.05, 0) is 69.2 Å². The monoisotopic (exact) mass is 699 g/mol. The van der Waals surface area contributed by atoms with Gasteiger partial charge in [0.2, 0.25) is 11.8 Å². The van der Waals surface area contributed by atoms with Crippen LogP contribution in [0.5, 0.6) is 0 Å². The fourth-order valence-electron chi connectivity index (χ4n) is 5.15. The second kappa shape index (κ2) is 14.8. The Morgan fingerprint density at radius 3 is 2.02 bits per heavy atom. The van der Waals surface area contributed by atoms with Crippen LogP contribution in [0.3, 0.4) is 0 Å². The van der Waals surface area contributed by atoms with Crippen molar-refractivity contribution in [2.24, 2.45) is 0 Å². The number of amides is 2. The minimum Gasteiger partial charge on any atom is -0.350 e. The van der Waals surface area contributed by atoms with Crippen LogP contribution in [0, 0.1) is 6.92 Å². The van der Waals surface area contributed by atoms with Gasteiger partial charge in [0.25, 0.3) is 10.0 Å². The van der Waals surface area contributed by atoms with Crippen LogP contribution in [-0.2, 0) is 38.8 Å². The summed E-state index contributed by atoms with van der Waals surface area (Å²) >= 11 is 5.87. The van der Waals surface area contributed by atoms with Crippen LogP contribution in [0.15, 0.2) is 108 Å². The van der Waals surface area contributed by atoms with Crippen LogP contribution in [-0.4, -0.2) is 43.3 Å². The van der Waals surface area contributed by atoms with Gasteiger partial charge in [-0.15, -0.1) is 0 Å². The number of nitrogens with zero attached hydrogens (tertiary/aromatic N) is 2. The van der Waals surface area contributed by atoms with Crippen molar-refractivity contribution in [3.05, 3.63) is 130 Å². The minimum absolute atomic E-state index is 0.0801. The maximum Gasteiger partial charge on any atom is 0.417 e. The fraction of sp³-hybridized carbons (Fsp3) is 0.278. The molecule has 0 saturated carbocycles. The van der Waals surface area contributed by atoms with Gasteiger partial charge in [0.15, 0.2) is 0 Å². The van der Waals surface area contributed by atoms with Gasteiger partial charge in [-0.3, -0.25) is 13.9 Å². The number of rotatable bonds is 11. The summed E-state index contributed by atoms with van der Waals surface area (Å²) in [5.41, 5.74) is -0.0380. The molecule has 0 radical (unpaired) electrons. The maximum absolute atomic E-state index is 14.5. The molecule has 0 aromatic heterocycles. The van der Waals surface area contributed by atoms with E-state index in [0.29, 0.717) is 15.9 Å². The molecule has 0 bridgehead atoms. The molecular formula is C36H37ClF3N3O4S. The number of halogens is 4. The summed E-state index contributed by atoms with van der Waals surface area (Å²) in [5.74, 6) is -1.28. The number of anilines is 1. The molecule has 1 atom stereocenters. The smallest absolute Gasteiger partial charge is 0.350 e. The molecule has 0 spiro atoms. The van der Waals surface area contributed by atoms with Crippen LogP contribution in [0.1, 0.15) is 43.0 Å². The van der Waals surface area contributed by atoms with E-state index in [1.165, 1.54) is 29.2 Å². The predicted octanol–water partition coefficient (Wildman–Crippen LogP) is 7.42. The predicted molar refractivity (Wildman–Crippen MR) is 181 cm³/mol. The molecule has 4 aromatic rings. The third kappa shape index (κ3) is 9.38. The molecular weight excluding hydrogens is 663 g/mol. The molecule has 0 heterocycles. The molecule has 0 aliphatic rings. The van der Waals surface area contributed by atoms with Gasteiger partial charge in [0.1, 0.15) is 12.6 Å². The van der Waals surface area contributed by atoms with Gasteiger partial charge < -0.3 is 10.2 Å². The highest BCUT2D eigenvalue weighted by molar-refractivity contribution is 7.92. The molecule has 4 aromatic carbocycles. The Kier molecular flexibility index (Phi) is 11.3. The van der Waals surface area contributed by atoms with Crippen molar-refractivity contribution in [3.63, 3.8) is 0 Å². The Morgan fingerprint density at radius 1 is 0.833 bits per heavy atom. The second-order valence-corrected chi connectivity index (χ2v) is 14.7. The number of aryl methyl sites for hydroxylation is 1. The summed E-state index contributed by atoms with van der Waals surface area (Å²) in [4.78, 5) is 29.5. The zero-order chi connectivity index (χ0) is 35.3. The summed E-state index contributed by atoms with van der Waals surface area (Å²) in [5, 5.41) is 2.31. The number of hydrogen-bond donors (Lipinski definition) is 1. The van der Waals surface area contributed by atoms with E-state index in [1.807, 2.05) is 37.3 Å². The third-order valence-electron chi connectivity index (χ3n) is 7.36. The van der Waals surface area contributed by atoms with Crippen molar-refractivity contribution in [3.8, 4) is 0 Å². The SMILES string of the molecule is Cc1cccc(CN(C(=O)CN(c2ccc(Cl)c(C(F)(F)F)c2)S(=O)(=O)c2ccccc2)[C@H](Cc2ccccc2)C(=O)NC(C)(C)C)c1. The number of carbonyl (C=O) groups excluding carboxylic acids is 2. The van der Waals surface area contributed by atoms with Crippen LogP contribution in [0.25, 0.3) is 0 Å². The highest BCUT2D eigenvalue weighted by Crippen LogP contribution is 2.38. The number of sulfonamides is 1. The van der Waals surface area contributed by atoms with E-state index in [4.69, 9.17) is 11.6 Å². The molecule has 12 heteroatoms. The van der Waals surface area contributed by atoms with Crippen molar-refractivity contribution in [1.29, 1.82) is 0 Å². The molecule has 2 amide bonds. The van der Waals surface area contributed by atoms with Crippen LogP contribution >= 0.6 is 11.6 Å². The van der Waals surface area contributed by atoms with Crippen molar-refractivity contribution in [2.45, 2.75) is 63.3 Å². The third-order valence-corrected chi connectivity index (χ3v) is 9.48.